The lowest BCUT2D eigenvalue weighted by molar-refractivity contribution is 0.340. The Morgan fingerprint density at radius 1 is 1.05 bits per heavy atom. The zero-order chi connectivity index (χ0) is 15.9. The van der Waals surface area contributed by atoms with Crippen molar-refractivity contribution in [2.75, 3.05) is 13.2 Å². The van der Waals surface area contributed by atoms with Crippen LogP contribution in [-0.4, -0.2) is 13.2 Å². The van der Waals surface area contributed by atoms with E-state index in [0.717, 1.165) is 24.2 Å². The van der Waals surface area contributed by atoms with Crippen LogP contribution < -0.4 is 10.5 Å². The Bertz CT molecular complexity index is 595. The Kier molecular flexibility index (Phi) is 6.29. The van der Waals surface area contributed by atoms with Gasteiger partial charge in [-0.25, -0.2) is 0 Å². The first-order valence-corrected chi connectivity index (χ1v) is 8.25. The van der Waals surface area contributed by atoms with Gasteiger partial charge in [-0.15, -0.1) is 0 Å². The average molecular weight is 318 g/mol. The molecule has 1 unspecified atom stereocenters. The highest BCUT2D eigenvalue weighted by atomic mass is 35.5. The molecule has 0 fully saturated rings. The lowest BCUT2D eigenvalue weighted by Gasteiger charge is -2.17. The summed E-state index contributed by atoms with van der Waals surface area (Å²) in [6, 6.07) is 14.7. The van der Waals surface area contributed by atoms with Gasteiger partial charge >= 0.3 is 0 Å². The van der Waals surface area contributed by atoms with Crippen LogP contribution in [0, 0.1) is 0 Å². The molecule has 0 amide bonds. The molecule has 0 saturated carbocycles. The van der Waals surface area contributed by atoms with Crippen molar-refractivity contribution in [2.24, 2.45) is 5.73 Å². The highest BCUT2D eigenvalue weighted by Gasteiger charge is 2.13. The second kappa shape index (κ2) is 8.21. The molecular formula is C19H24ClNO. The molecule has 0 bridgehead atoms. The van der Waals surface area contributed by atoms with E-state index in [1.807, 2.05) is 19.1 Å². The lowest BCUT2D eigenvalue weighted by atomic mass is 9.91. The van der Waals surface area contributed by atoms with Crippen LogP contribution in [0.15, 0.2) is 42.5 Å². The van der Waals surface area contributed by atoms with E-state index in [2.05, 4.69) is 37.3 Å². The number of nitrogens with two attached hydrogens (primary N) is 1. The third-order valence-corrected chi connectivity index (χ3v) is 4.22. The van der Waals surface area contributed by atoms with Gasteiger partial charge in [0.1, 0.15) is 5.75 Å². The van der Waals surface area contributed by atoms with Gasteiger partial charge in [-0.2, -0.15) is 0 Å². The molecule has 2 rings (SSSR count). The maximum atomic E-state index is 6.29. The highest BCUT2D eigenvalue weighted by Crippen LogP contribution is 2.30. The number of rotatable bonds is 7. The fourth-order valence-electron chi connectivity index (χ4n) is 2.58. The molecule has 0 aliphatic carbocycles. The van der Waals surface area contributed by atoms with Crippen LogP contribution in [0.1, 0.15) is 36.5 Å². The topological polar surface area (TPSA) is 35.2 Å². The van der Waals surface area contributed by atoms with Crippen molar-refractivity contribution < 1.29 is 4.74 Å². The van der Waals surface area contributed by atoms with Gasteiger partial charge in [0.25, 0.3) is 0 Å². The maximum Gasteiger partial charge on any atom is 0.137 e. The molecule has 0 saturated heterocycles. The molecule has 2 aromatic rings. The predicted molar refractivity (Wildman–Crippen MR) is 93.9 cm³/mol. The van der Waals surface area contributed by atoms with E-state index in [9.17, 15) is 0 Å². The molecule has 0 aliphatic rings. The first kappa shape index (κ1) is 16.9. The molecule has 118 valence electrons. The summed E-state index contributed by atoms with van der Waals surface area (Å²) in [6.45, 7) is 5.33. The minimum absolute atomic E-state index is 0.264. The minimum Gasteiger partial charge on any atom is -0.492 e. The van der Waals surface area contributed by atoms with Crippen molar-refractivity contribution in [3.05, 3.63) is 64.2 Å². The standard InChI is InChI=1S/C19H24ClNO/c1-3-14-5-7-15(8-6-14)11-17(13-21)16-9-10-19(22-4-2)18(20)12-16/h5-10,12,17H,3-4,11,13,21H2,1-2H3. The first-order chi connectivity index (χ1) is 10.7. The Labute approximate surface area is 138 Å². The van der Waals surface area contributed by atoms with Crippen LogP contribution in [0.25, 0.3) is 0 Å². The summed E-state index contributed by atoms with van der Waals surface area (Å²) in [5.74, 6) is 0.997. The van der Waals surface area contributed by atoms with Crippen molar-refractivity contribution >= 4 is 11.6 Å². The van der Waals surface area contributed by atoms with Crippen molar-refractivity contribution in [2.45, 2.75) is 32.6 Å². The number of benzene rings is 2. The van der Waals surface area contributed by atoms with Crippen molar-refractivity contribution in [1.29, 1.82) is 0 Å². The van der Waals surface area contributed by atoms with Gasteiger partial charge < -0.3 is 10.5 Å². The quantitative estimate of drug-likeness (QED) is 0.811. The third-order valence-electron chi connectivity index (χ3n) is 3.93. The van der Waals surface area contributed by atoms with E-state index < -0.39 is 0 Å². The molecule has 0 radical (unpaired) electrons. The Morgan fingerprint density at radius 3 is 2.27 bits per heavy atom. The molecule has 3 heteroatoms. The molecule has 2 nitrogen and oxygen atoms in total. The number of hydrogen-bond donors (Lipinski definition) is 1. The zero-order valence-corrected chi connectivity index (χ0v) is 14.1. The van der Waals surface area contributed by atoms with E-state index in [4.69, 9.17) is 22.1 Å². The van der Waals surface area contributed by atoms with Crippen molar-refractivity contribution in [1.82, 2.24) is 0 Å². The number of halogens is 1. The van der Waals surface area contributed by atoms with Gasteiger partial charge in [-0.05, 0) is 55.1 Å². The molecule has 2 aromatic carbocycles. The molecule has 0 aromatic heterocycles. The molecule has 0 aliphatic heterocycles. The monoisotopic (exact) mass is 317 g/mol. The fourth-order valence-corrected chi connectivity index (χ4v) is 2.82. The van der Waals surface area contributed by atoms with E-state index >= 15 is 0 Å². The summed E-state index contributed by atoms with van der Waals surface area (Å²) < 4.78 is 5.49. The number of aryl methyl sites for hydroxylation is 1. The van der Waals surface area contributed by atoms with Gasteiger partial charge in [-0.1, -0.05) is 48.9 Å². The average Bonchev–Trinajstić information content (AvgIpc) is 2.55. The van der Waals surface area contributed by atoms with Crippen LogP contribution in [0.3, 0.4) is 0 Å². The molecule has 2 N–H and O–H groups in total. The first-order valence-electron chi connectivity index (χ1n) is 7.88. The zero-order valence-electron chi connectivity index (χ0n) is 13.3. The van der Waals surface area contributed by atoms with Crippen LogP contribution in [-0.2, 0) is 12.8 Å². The number of ether oxygens (including phenoxy) is 1. The Balaban J connectivity index is 2.14. The van der Waals surface area contributed by atoms with E-state index in [-0.39, 0.29) is 5.92 Å². The number of hydrogen-bond acceptors (Lipinski definition) is 2. The third kappa shape index (κ3) is 4.25. The van der Waals surface area contributed by atoms with Crippen molar-refractivity contribution in [3.8, 4) is 5.75 Å². The van der Waals surface area contributed by atoms with Crippen LogP contribution in [0.5, 0.6) is 5.75 Å². The Hall–Kier alpha value is -1.51. The van der Waals surface area contributed by atoms with Gasteiger partial charge in [0.2, 0.25) is 0 Å². The summed E-state index contributed by atoms with van der Waals surface area (Å²) in [5.41, 5.74) is 9.81. The summed E-state index contributed by atoms with van der Waals surface area (Å²) in [4.78, 5) is 0. The summed E-state index contributed by atoms with van der Waals surface area (Å²) in [5, 5.41) is 0.652. The summed E-state index contributed by atoms with van der Waals surface area (Å²) in [6.07, 6.45) is 1.99. The molecule has 1 atom stereocenters. The Morgan fingerprint density at radius 2 is 1.73 bits per heavy atom. The SMILES string of the molecule is CCOc1ccc(C(CN)Cc2ccc(CC)cc2)cc1Cl. The second-order valence-electron chi connectivity index (χ2n) is 5.43. The molecule has 22 heavy (non-hydrogen) atoms. The second-order valence-corrected chi connectivity index (χ2v) is 5.84. The normalized spacial score (nSPS) is 12.2. The van der Waals surface area contributed by atoms with E-state index in [1.54, 1.807) is 0 Å². The van der Waals surface area contributed by atoms with Gasteiger partial charge in [0.15, 0.2) is 0 Å². The van der Waals surface area contributed by atoms with Crippen LogP contribution in [0.4, 0.5) is 0 Å². The van der Waals surface area contributed by atoms with E-state index in [0.29, 0.717) is 18.2 Å². The smallest absolute Gasteiger partial charge is 0.137 e. The van der Waals surface area contributed by atoms with Crippen LogP contribution >= 0.6 is 11.6 Å². The van der Waals surface area contributed by atoms with Gasteiger partial charge in [-0.3, -0.25) is 0 Å². The maximum absolute atomic E-state index is 6.29. The molecule has 0 spiro atoms. The largest absolute Gasteiger partial charge is 0.492 e. The van der Waals surface area contributed by atoms with E-state index in [1.165, 1.54) is 11.1 Å². The van der Waals surface area contributed by atoms with Crippen LogP contribution in [0.2, 0.25) is 5.02 Å². The fraction of sp³-hybridized carbons (Fsp3) is 0.368. The summed E-state index contributed by atoms with van der Waals surface area (Å²) in [7, 11) is 0. The highest BCUT2D eigenvalue weighted by molar-refractivity contribution is 6.32. The van der Waals surface area contributed by atoms with Crippen molar-refractivity contribution in [3.63, 3.8) is 0 Å². The summed E-state index contributed by atoms with van der Waals surface area (Å²) >= 11 is 6.29. The molecular weight excluding hydrogens is 294 g/mol. The minimum atomic E-state index is 0.264. The van der Waals surface area contributed by atoms with Gasteiger partial charge in [0, 0.05) is 5.92 Å². The van der Waals surface area contributed by atoms with Gasteiger partial charge in [0.05, 0.1) is 11.6 Å². The predicted octanol–water partition coefficient (Wildman–Crippen LogP) is 4.59. The molecule has 0 heterocycles. The lowest BCUT2D eigenvalue weighted by Crippen LogP contribution is -2.15.